The molecule has 0 radical (unpaired) electrons. The lowest BCUT2D eigenvalue weighted by Gasteiger charge is -2.51. The second-order valence-corrected chi connectivity index (χ2v) is 30.5. The number of carbonyl (C=O) groups is 12. The molecule has 11 atom stereocenters. The van der Waals surface area contributed by atoms with Crippen LogP contribution in [0.2, 0.25) is 0 Å². The first-order valence-electron chi connectivity index (χ1n) is 38.4. The predicted octanol–water partition coefficient (Wildman–Crippen LogP) is 6.01. The van der Waals surface area contributed by atoms with Crippen molar-refractivity contribution in [3.63, 3.8) is 0 Å². The van der Waals surface area contributed by atoms with Crippen LogP contribution in [0.3, 0.4) is 0 Å². The number of carbonyl (C=O) groups excluding carboxylic acids is 11. The third-order valence-electron chi connectivity index (χ3n) is 23.1. The molecule has 111 heavy (non-hydrogen) atoms. The molecule has 4 fully saturated rings. The minimum atomic E-state index is -4.67. The van der Waals surface area contributed by atoms with Gasteiger partial charge < -0.3 is 74.6 Å². The number of likely N-dealkylation sites (N-methyl/N-ethyl adjacent to an activating group) is 7. The minimum absolute atomic E-state index is 0.00524. The lowest BCUT2D eigenvalue weighted by Crippen LogP contribution is -2.68. The van der Waals surface area contributed by atoms with E-state index in [9.17, 15) is 69.8 Å². The smallest absolute Gasteiger partial charge is 0.419 e. The number of likely N-dealkylation sites (tertiary alicyclic amines) is 2. The Morgan fingerprint density at radius 3 is 1.94 bits per heavy atom. The van der Waals surface area contributed by atoms with Gasteiger partial charge in [0.25, 0.3) is 0 Å². The molecule has 2 aromatic rings. The van der Waals surface area contributed by atoms with E-state index in [1.165, 1.54) is 120 Å². The Labute approximate surface area is 645 Å². The standard InChI is InChI=1S/C78H112F6N12O15/c1-14-24-55(66(100)86-64(47(4)15-2)73(107)94-40-22-28-57(94)70(104)90(9)56-27-18-17-21-39-95(72(56)106)59(69(103)88(7)46-63(98)99)41-48-29-33-51(34-30-48)77(79,80)81)89(8)62(97)44-58(68(102)87(5)6)91(10)74(108)65(50-25-19-20-26-50)92(11)75(109)76(37-23-38-76)93(12)71(105)60-43-52(111-16-3)45-96(60)67(101)54(85)36-32-49-31-35-53(78(82,83)84)61(42-49)110-13/h17-18,29-31,33-35,42,47,50,52,54-60,64-65H,14-16,19-28,32,36-41,43-46,85H2,1-13H3,(H,86,100)(H,98,99)/b18-17-/t47-,52+,54-,55-,56-,57-,58-,59-,60-,64-,65-/m0/s1. The minimum Gasteiger partial charge on any atom is -0.496 e. The third kappa shape index (κ3) is 20.9. The van der Waals surface area contributed by atoms with Gasteiger partial charge in [0.1, 0.15) is 66.2 Å². The molecule has 5 aliphatic rings. The van der Waals surface area contributed by atoms with Gasteiger partial charge in [0.05, 0.1) is 36.8 Å². The van der Waals surface area contributed by atoms with E-state index in [0.29, 0.717) is 56.9 Å². The monoisotopic (exact) mass is 1570 g/mol. The number of nitrogens with zero attached hydrogens (tertiary/aromatic N) is 10. The quantitative estimate of drug-likeness (QED) is 0.0544. The Hall–Kier alpha value is -8.88. The molecule has 4 N–H and O–H groups in total. The van der Waals surface area contributed by atoms with Gasteiger partial charge in [0.15, 0.2) is 0 Å². The fraction of sp³-hybridized carbons (Fsp3) is 0.667. The van der Waals surface area contributed by atoms with Crippen molar-refractivity contribution in [2.75, 3.05) is 96.3 Å². The molecule has 0 unspecified atom stereocenters. The number of rotatable bonds is 33. The largest absolute Gasteiger partial charge is 0.496 e. The third-order valence-corrected chi connectivity index (χ3v) is 23.1. The van der Waals surface area contributed by atoms with Gasteiger partial charge in [0.2, 0.25) is 65.0 Å². The molecule has 2 aliphatic carbocycles. The number of hydrogen-bond donors (Lipinski definition) is 3. The maximum absolute atomic E-state index is 15.5. The van der Waals surface area contributed by atoms with E-state index in [4.69, 9.17) is 15.2 Å². The molecule has 33 heteroatoms. The van der Waals surface area contributed by atoms with Crippen LogP contribution in [0.4, 0.5) is 26.3 Å². The van der Waals surface area contributed by atoms with Crippen LogP contribution in [-0.4, -0.2) is 287 Å². The zero-order valence-electron chi connectivity index (χ0n) is 66.1. The van der Waals surface area contributed by atoms with E-state index in [1.807, 2.05) is 0 Å². The van der Waals surface area contributed by atoms with Crippen molar-refractivity contribution in [2.24, 2.45) is 17.6 Å². The van der Waals surface area contributed by atoms with Crippen LogP contribution in [0.1, 0.15) is 159 Å². The summed E-state index contributed by atoms with van der Waals surface area (Å²) >= 11 is 0. The number of benzene rings is 2. The van der Waals surface area contributed by atoms with Crippen LogP contribution >= 0.6 is 0 Å². The average molecular weight is 1570 g/mol. The second-order valence-electron chi connectivity index (χ2n) is 30.5. The van der Waals surface area contributed by atoms with Crippen LogP contribution in [-0.2, 0) is 87.5 Å². The summed E-state index contributed by atoms with van der Waals surface area (Å²) in [6.07, 6.45) is -2.47. The van der Waals surface area contributed by atoms with E-state index in [2.05, 4.69) is 5.32 Å². The summed E-state index contributed by atoms with van der Waals surface area (Å²) < 4.78 is 92.8. The number of aryl methyl sites for hydroxylation is 1. The summed E-state index contributed by atoms with van der Waals surface area (Å²) in [5.41, 5.74) is 3.78. The van der Waals surface area contributed by atoms with E-state index < -0.39 is 191 Å². The molecule has 0 bridgehead atoms. The summed E-state index contributed by atoms with van der Waals surface area (Å²) in [6, 6.07) is -4.00. The van der Waals surface area contributed by atoms with Gasteiger partial charge in [-0.25, -0.2) is 0 Å². The van der Waals surface area contributed by atoms with Gasteiger partial charge in [-0.05, 0) is 131 Å². The summed E-state index contributed by atoms with van der Waals surface area (Å²) in [5, 5.41) is 12.5. The Morgan fingerprint density at radius 1 is 0.721 bits per heavy atom. The number of ether oxygens (including phenoxy) is 2. The molecule has 0 aromatic heterocycles. The zero-order chi connectivity index (χ0) is 82.5. The number of aliphatic carboxylic acids is 1. The number of carboxylic acids is 1. The first-order chi connectivity index (χ1) is 52.2. The summed E-state index contributed by atoms with van der Waals surface area (Å²) in [7, 11) is 12.3. The summed E-state index contributed by atoms with van der Waals surface area (Å²) in [6.45, 7) is 6.53. The lowest BCUT2D eigenvalue weighted by molar-refractivity contribution is -0.166. The molecule has 2 aromatic carbocycles. The normalized spacial score (nSPS) is 20.9. The van der Waals surface area contributed by atoms with Crippen LogP contribution in [0, 0.1) is 11.8 Å². The van der Waals surface area contributed by atoms with Crippen LogP contribution in [0.5, 0.6) is 5.75 Å². The van der Waals surface area contributed by atoms with Crippen molar-refractivity contribution in [3.8, 4) is 5.75 Å². The molecule has 3 heterocycles. The van der Waals surface area contributed by atoms with E-state index in [0.717, 1.165) is 35.1 Å². The highest BCUT2D eigenvalue weighted by atomic mass is 19.4. The molecule has 2 saturated carbocycles. The van der Waals surface area contributed by atoms with Crippen molar-refractivity contribution in [2.45, 2.75) is 228 Å². The van der Waals surface area contributed by atoms with Crippen molar-refractivity contribution in [1.29, 1.82) is 0 Å². The SMILES string of the molecule is CCC[C@@H](C(=O)N[C@H](C(=O)N1CCC[C@H]1C(=O)N(C)[C@H]1C/C=C\CCN([C@@H](Cc2ccc(C(F)(F)F)cc2)C(=O)N(C)CC(=O)O)C1=O)[C@@H](C)CC)N(C)C(=O)C[C@@H](C(=O)N(C)C)N(C)C(=O)[C@H](C1CCCC1)N(C)C(=O)C1(N(C)C(=O)[C@@H]2C[C@@H](OCC)CN2C(=O)[C@@H](N)CCc2ccc(C(F)(F)F)c(OC)c2)CCC1. The van der Waals surface area contributed by atoms with Gasteiger partial charge >= 0.3 is 18.3 Å². The Bertz CT molecular complexity index is 3700. The number of halogens is 6. The van der Waals surface area contributed by atoms with Gasteiger partial charge in [-0.2, -0.15) is 26.3 Å². The molecule has 3 aliphatic heterocycles. The van der Waals surface area contributed by atoms with Gasteiger partial charge in [-0.15, -0.1) is 0 Å². The first kappa shape index (κ1) is 89.3. The fourth-order valence-electron chi connectivity index (χ4n) is 16.1. The average Bonchev–Trinajstić information content (AvgIpc) is 1.28. The predicted molar refractivity (Wildman–Crippen MR) is 396 cm³/mol. The number of amides is 11. The number of alkyl halides is 6. The molecule has 2 saturated heterocycles. The summed E-state index contributed by atoms with van der Waals surface area (Å²) in [4.78, 5) is 188. The van der Waals surface area contributed by atoms with Crippen LogP contribution in [0.25, 0.3) is 0 Å². The number of hydrogen-bond acceptors (Lipinski definition) is 15. The van der Waals surface area contributed by atoms with Crippen LogP contribution < -0.4 is 15.8 Å². The molecule has 0 spiro atoms. The molecule has 616 valence electrons. The van der Waals surface area contributed by atoms with Crippen molar-refractivity contribution >= 4 is 70.9 Å². The molecular formula is C78H112F6N12O15. The Kier molecular flexibility index (Phi) is 31.0. The topological polar surface area (TPSA) is 314 Å². The maximum Gasteiger partial charge on any atom is 0.419 e. The van der Waals surface area contributed by atoms with Gasteiger partial charge in [-0.3, -0.25) is 57.5 Å². The molecule has 7 rings (SSSR count). The van der Waals surface area contributed by atoms with E-state index >= 15 is 19.2 Å². The zero-order valence-corrected chi connectivity index (χ0v) is 66.1. The highest BCUT2D eigenvalue weighted by Gasteiger charge is 2.56. The second kappa shape index (κ2) is 38.6. The number of carboxylic acid groups (broad SMARTS) is 1. The summed E-state index contributed by atoms with van der Waals surface area (Å²) in [5.74, 6) is -10.1. The van der Waals surface area contributed by atoms with E-state index in [-0.39, 0.29) is 96.0 Å². The fourth-order valence-corrected chi connectivity index (χ4v) is 16.1. The highest BCUT2D eigenvalue weighted by molar-refractivity contribution is 6.01. The Balaban J connectivity index is 1.07. The van der Waals surface area contributed by atoms with Crippen molar-refractivity contribution < 1.29 is 98.5 Å². The molecular weight excluding hydrogens is 1460 g/mol. The number of nitrogens with one attached hydrogen (secondary N) is 1. The molecule has 11 amide bonds. The highest BCUT2D eigenvalue weighted by Crippen LogP contribution is 2.43. The van der Waals surface area contributed by atoms with Crippen LogP contribution in [0.15, 0.2) is 54.6 Å². The van der Waals surface area contributed by atoms with E-state index in [1.54, 1.807) is 39.8 Å². The van der Waals surface area contributed by atoms with Crippen molar-refractivity contribution in [1.82, 2.24) is 54.3 Å². The number of methoxy groups -OCH3 is 1. The first-order valence-corrected chi connectivity index (χ1v) is 38.4. The van der Waals surface area contributed by atoms with Crippen molar-refractivity contribution in [3.05, 3.63) is 76.9 Å². The van der Waals surface area contributed by atoms with Gasteiger partial charge in [0, 0.05) is 95.5 Å². The number of nitrogens with two attached hydrogens (primary N) is 1. The molecule has 27 nitrogen and oxygen atoms in total. The Morgan fingerprint density at radius 2 is 1.37 bits per heavy atom. The van der Waals surface area contributed by atoms with Gasteiger partial charge in [-0.1, -0.05) is 76.8 Å². The maximum atomic E-state index is 15.5. The lowest BCUT2D eigenvalue weighted by atomic mass is 9.73.